The molecule has 3 N–H and O–H groups in total. The summed E-state index contributed by atoms with van der Waals surface area (Å²) in [6, 6.07) is 0. The Kier molecular flexibility index (Phi) is 5.19. The molecule has 5 heteroatoms. The number of ether oxygens (including phenoxy) is 1. The minimum atomic E-state index is -0.265. The molecule has 2 aliphatic rings. The molecule has 1 aliphatic heterocycles. The van der Waals surface area contributed by atoms with Crippen LogP contribution in [0.4, 0.5) is 0 Å². The predicted molar refractivity (Wildman–Crippen MR) is 74.8 cm³/mol. The number of nitrogens with two attached hydrogens (primary N) is 1. The van der Waals surface area contributed by atoms with Crippen LogP contribution in [0.25, 0.3) is 0 Å². The first-order valence-electron chi connectivity index (χ1n) is 7.45. The van der Waals surface area contributed by atoms with Gasteiger partial charge in [-0.1, -0.05) is 6.92 Å². The second-order valence-electron chi connectivity index (χ2n) is 6.06. The van der Waals surface area contributed by atoms with Crippen LogP contribution in [0.3, 0.4) is 0 Å². The van der Waals surface area contributed by atoms with Crippen molar-refractivity contribution in [2.75, 3.05) is 45.9 Å². The lowest BCUT2D eigenvalue weighted by Gasteiger charge is -2.44. The number of rotatable bonds is 6. The number of nitrogens with zero attached hydrogens (tertiary/aromatic N) is 1. The van der Waals surface area contributed by atoms with Crippen LogP contribution in [0.2, 0.25) is 0 Å². The number of nitrogens with one attached hydrogen (secondary N) is 1. The molecule has 1 amide bonds. The van der Waals surface area contributed by atoms with E-state index in [1.54, 1.807) is 0 Å². The van der Waals surface area contributed by atoms with E-state index in [-0.39, 0.29) is 11.3 Å². The molecule has 0 aromatic heterocycles. The van der Waals surface area contributed by atoms with E-state index in [0.29, 0.717) is 12.5 Å². The van der Waals surface area contributed by atoms with Gasteiger partial charge >= 0.3 is 0 Å². The van der Waals surface area contributed by atoms with Crippen molar-refractivity contribution in [1.29, 1.82) is 0 Å². The molecule has 0 spiro atoms. The highest BCUT2D eigenvalue weighted by Gasteiger charge is 2.46. The average Bonchev–Trinajstić information content (AvgIpc) is 2.40. The molecule has 2 fully saturated rings. The van der Waals surface area contributed by atoms with Crippen molar-refractivity contribution in [3.05, 3.63) is 0 Å². The van der Waals surface area contributed by atoms with Crippen LogP contribution in [0.15, 0.2) is 0 Å². The lowest BCUT2D eigenvalue weighted by atomic mass is 9.62. The molecule has 1 aliphatic carbocycles. The fourth-order valence-corrected chi connectivity index (χ4v) is 3.24. The molecular weight excluding hydrogens is 242 g/mol. The highest BCUT2D eigenvalue weighted by molar-refractivity contribution is 5.83. The quantitative estimate of drug-likeness (QED) is 0.676. The lowest BCUT2D eigenvalue weighted by Crippen LogP contribution is -2.53. The summed E-state index contributed by atoms with van der Waals surface area (Å²) in [7, 11) is 0. The number of hydrogen-bond acceptors (Lipinski definition) is 4. The fourth-order valence-electron chi connectivity index (χ4n) is 3.24. The fraction of sp³-hybridized carbons (Fsp3) is 0.929. The molecule has 0 aromatic carbocycles. The summed E-state index contributed by atoms with van der Waals surface area (Å²) in [5.41, 5.74) is 5.50. The first kappa shape index (κ1) is 14.8. The zero-order valence-electron chi connectivity index (χ0n) is 12.0. The second kappa shape index (κ2) is 6.68. The van der Waals surface area contributed by atoms with Crippen LogP contribution < -0.4 is 11.1 Å². The molecule has 1 saturated carbocycles. The van der Waals surface area contributed by atoms with Gasteiger partial charge in [0.15, 0.2) is 0 Å². The number of amides is 1. The molecule has 0 bridgehead atoms. The molecule has 0 atom stereocenters. The summed E-state index contributed by atoms with van der Waals surface area (Å²) in [6.45, 7) is 8.14. The Bertz CT molecular complexity index is 297. The Morgan fingerprint density at radius 3 is 2.68 bits per heavy atom. The van der Waals surface area contributed by atoms with E-state index < -0.39 is 0 Å². The highest BCUT2D eigenvalue weighted by atomic mass is 16.5. The first-order chi connectivity index (χ1) is 9.16. The van der Waals surface area contributed by atoms with E-state index in [1.165, 1.54) is 0 Å². The summed E-state index contributed by atoms with van der Waals surface area (Å²) in [5.74, 6) is 0.803. The highest BCUT2D eigenvalue weighted by Crippen LogP contribution is 2.44. The molecule has 0 radical (unpaired) electrons. The Balaban J connectivity index is 1.61. The third-order valence-electron chi connectivity index (χ3n) is 4.39. The van der Waals surface area contributed by atoms with Crippen LogP contribution in [-0.2, 0) is 9.53 Å². The van der Waals surface area contributed by atoms with Crippen molar-refractivity contribution >= 4 is 5.91 Å². The standard InChI is InChI=1S/C14H27N3O2/c1-12-9-14(10-12,11-15)13(18)16-3-2-4-17-5-7-19-8-6-17/h12H,2-11,15H2,1H3,(H,16,18). The van der Waals surface area contributed by atoms with Crippen molar-refractivity contribution in [3.63, 3.8) is 0 Å². The maximum absolute atomic E-state index is 12.2. The van der Waals surface area contributed by atoms with Crippen LogP contribution in [0.1, 0.15) is 26.2 Å². The molecular formula is C14H27N3O2. The van der Waals surface area contributed by atoms with Gasteiger partial charge in [0, 0.05) is 26.2 Å². The molecule has 1 saturated heterocycles. The van der Waals surface area contributed by atoms with Gasteiger partial charge in [-0.25, -0.2) is 0 Å². The summed E-state index contributed by atoms with van der Waals surface area (Å²) in [4.78, 5) is 14.5. The SMILES string of the molecule is CC1CC(CN)(C(=O)NCCCN2CCOCC2)C1. The smallest absolute Gasteiger partial charge is 0.227 e. The zero-order valence-corrected chi connectivity index (χ0v) is 12.0. The molecule has 2 rings (SSSR count). The van der Waals surface area contributed by atoms with Gasteiger partial charge in [0.2, 0.25) is 5.91 Å². The summed E-state index contributed by atoms with van der Waals surface area (Å²) >= 11 is 0. The van der Waals surface area contributed by atoms with E-state index in [1.807, 2.05) is 0 Å². The van der Waals surface area contributed by atoms with Crippen molar-refractivity contribution in [3.8, 4) is 0 Å². The molecule has 1 heterocycles. The maximum Gasteiger partial charge on any atom is 0.227 e. The van der Waals surface area contributed by atoms with E-state index in [4.69, 9.17) is 10.5 Å². The van der Waals surface area contributed by atoms with Crippen molar-refractivity contribution in [1.82, 2.24) is 10.2 Å². The summed E-state index contributed by atoms with van der Waals surface area (Å²) in [6.07, 6.45) is 2.89. The predicted octanol–water partition coefficient (Wildman–Crippen LogP) is 0.200. The lowest BCUT2D eigenvalue weighted by molar-refractivity contribution is -0.138. The van der Waals surface area contributed by atoms with Crippen LogP contribution in [-0.4, -0.2) is 56.7 Å². The molecule has 0 aromatic rings. The van der Waals surface area contributed by atoms with E-state index in [9.17, 15) is 4.79 Å². The summed E-state index contributed by atoms with van der Waals surface area (Å²) < 4.78 is 5.31. The monoisotopic (exact) mass is 269 g/mol. The molecule has 0 unspecified atom stereocenters. The van der Waals surface area contributed by atoms with Gasteiger partial charge in [-0.2, -0.15) is 0 Å². The Morgan fingerprint density at radius 2 is 2.11 bits per heavy atom. The molecule has 19 heavy (non-hydrogen) atoms. The van der Waals surface area contributed by atoms with Gasteiger partial charge in [-0.05, 0) is 31.7 Å². The molecule has 110 valence electrons. The van der Waals surface area contributed by atoms with E-state index in [0.717, 1.165) is 58.7 Å². The van der Waals surface area contributed by atoms with Gasteiger partial charge in [-0.15, -0.1) is 0 Å². The number of hydrogen-bond donors (Lipinski definition) is 2. The second-order valence-corrected chi connectivity index (χ2v) is 6.06. The Hall–Kier alpha value is -0.650. The number of carbonyl (C=O) groups is 1. The Morgan fingerprint density at radius 1 is 1.42 bits per heavy atom. The first-order valence-corrected chi connectivity index (χ1v) is 7.45. The largest absolute Gasteiger partial charge is 0.379 e. The topological polar surface area (TPSA) is 67.6 Å². The summed E-state index contributed by atoms with van der Waals surface area (Å²) in [5, 5.41) is 3.06. The van der Waals surface area contributed by atoms with E-state index in [2.05, 4.69) is 17.1 Å². The number of morpholine rings is 1. The number of carbonyl (C=O) groups excluding carboxylic acids is 1. The zero-order chi connectivity index (χ0) is 13.7. The third kappa shape index (κ3) is 3.68. The van der Waals surface area contributed by atoms with Gasteiger partial charge < -0.3 is 15.8 Å². The van der Waals surface area contributed by atoms with E-state index >= 15 is 0 Å². The minimum Gasteiger partial charge on any atom is -0.379 e. The van der Waals surface area contributed by atoms with Crippen LogP contribution in [0, 0.1) is 11.3 Å². The van der Waals surface area contributed by atoms with Crippen LogP contribution in [0.5, 0.6) is 0 Å². The van der Waals surface area contributed by atoms with Gasteiger partial charge in [-0.3, -0.25) is 9.69 Å². The average molecular weight is 269 g/mol. The van der Waals surface area contributed by atoms with Crippen molar-refractivity contribution in [2.45, 2.75) is 26.2 Å². The van der Waals surface area contributed by atoms with Gasteiger partial charge in [0.05, 0.1) is 18.6 Å². The Labute approximate surface area is 115 Å². The maximum atomic E-state index is 12.2. The molecule has 5 nitrogen and oxygen atoms in total. The van der Waals surface area contributed by atoms with Gasteiger partial charge in [0.25, 0.3) is 0 Å². The van der Waals surface area contributed by atoms with Gasteiger partial charge in [0.1, 0.15) is 0 Å². The minimum absolute atomic E-state index is 0.162. The third-order valence-corrected chi connectivity index (χ3v) is 4.39. The van der Waals surface area contributed by atoms with Crippen LogP contribution >= 0.6 is 0 Å². The normalized spacial score (nSPS) is 31.8. The van der Waals surface area contributed by atoms with Crippen molar-refractivity contribution < 1.29 is 9.53 Å². The van der Waals surface area contributed by atoms with Crippen molar-refractivity contribution in [2.24, 2.45) is 17.1 Å².